The standard InChI is InChI=1S/C13H18ClN3O.ClH/c14-11-3-1-2-4-12(11)16-7-9-17(10-8-16)13(18)5-6-15;/h1-4H,5-10,15H2;1H. The Hall–Kier alpha value is -0.970. The molecule has 0 bridgehead atoms. The largest absolute Gasteiger partial charge is 0.367 e. The number of para-hydroxylation sites is 1. The first-order chi connectivity index (χ1) is 8.72. The lowest BCUT2D eigenvalue weighted by Gasteiger charge is -2.36. The first-order valence-corrected chi connectivity index (χ1v) is 6.57. The minimum atomic E-state index is 0. The monoisotopic (exact) mass is 303 g/mol. The third kappa shape index (κ3) is 4.00. The maximum Gasteiger partial charge on any atom is 0.223 e. The van der Waals surface area contributed by atoms with Crippen molar-refractivity contribution in [1.29, 1.82) is 0 Å². The summed E-state index contributed by atoms with van der Waals surface area (Å²) in [6.45, 7) is 3.54. The summed E-state index contributed by atoms with van der Waals surface area (Å²) in [7, 11) is 0. The molecular formula is C13H19Cl2N3O. The van der Waals surface area contributed by atoms with Crippen molar-refractivity contribution in [2.75, 3.05) is 37.6 Å². The summed E-state index contributed by atoms with van der Waals surface area (Å²) >= 11 is 6.17. The van der Waals surface area contributed by atoms with Crippen molar-refractivity contribution in [3.8, 4) is 0 Å². The molecular weight excluding hydrogens is 285 g/mol. The normalized spacial score (nSPS) is 15.1. The van der Waals surface area contributed by atoms with Crippen LogP contribution in [0, 0.1) is 0 Å². The topological polar surface area (TPSA) is 49.6 Å². The van der Waals surface area contributed by atoms with E-state index in [1.54, 1.807) is 0 Å². The molecule has 106 valence electrons. The lowest BCUT2D eigenvalue weighted by atomic mass is 10.2. The van der Waals surface area contributed by atoms with Crippen molar-refractivity contribution in [3.63, 3.8) is 0 Å². The fourth-order valence-corrected chi connectivity index (χ4v) is 2.44. The van der Waals surface area contributed by atoms with Gasteiger partial charge in [-0.2, -0.15) is 0 Å². The predicted octanol–water partition coefficient (Wildman–Crippen LogP) is 1.76. The molecule has 1 heterocycles. The first-order valence-electron chi connectivity index (χ1n) is 6.19. The second-order valence-electron chi connectivity index (χ2n) is 4.36. The summed E-state index contributed by atoms with van der Waals surface area (Å²) in [6.07, 6.45) is 0.437. The number of anilines is 1. The van der Waals surface area contributed by atoms with E-state index >= 15 is 0 Å². The highest BCUT2D eigenvalue weighted by atomic mass is 35.5. The number of hydrogen-bond acceptors (Lipinski definition) is 3. The summed E-state index contributed by atoms with van der Waals surface area (Å²) in [5, 5.41) is 0.763. The van der Waals surface area contributed by atoms with Gasteiger partial charge in [0.1, 0.15) is 0 Å². The number of benzene rings is 1. The van der Waals surface area contributed by atoms with E-state index in [1.165, 1.54) is 0 Å². The van der Waals surface area contributed by atoms with Crippen molar-refractivity contribution in [1.82, 2.24) is 4.90 Å². The molecule has 6 heteroatoms. The molecule has 0 radical (unpaired) electrons. The van der Waals surface area contributed by atoms with Crippen LogP contribution in [-0.2, 0) is 4.79 Å². The fraction of sp³-hybridized carbons (Fsp3) is 0.462. The highest BCUT2D eigenvalue weighted by Gasteiger charge is 2.21. The van der Waals surface area contributed by atoms with Gasteiger partial charge in [0.2, 0.25) is 5.91 Å². The smallest absolute Gasteiger partial charge is 0.223 e. The lowest BCUT2D eigenvalue weighted by Crippen LogP contribution is -2.49. The van der Waals surface area contributed by atoms with Gasteiger partial charge in [0, 0.05) is 39.1 Å². The predicted molar refractivity (Wildman–Crippen MR) is 81.2 cm³/mol. The summed E-state index contributed by atoms with van der Waals surface area (Å²) in [4.78, 5) is 15.8. The van der Waals surface area contributed by atoms with Crippen LogP contribution in [-0.4, -0.2) is 43.5 Å². The molecule has 2 N–H and O–H groups in total. The second-order valence-corrected chi connectivity index (χ2v) is 4.77. The van der Waals surface area contributed by atoms with Crippen LogP contribution in [0.5, 0.6) is 0 Å². The number of amides is 1. The summed E-state index contributed by atoms with van der Waals surface area (Å²) in [5.74, 6) is 0.149. The van der Waals surface area contributed by atoms with Gasteiger partial charge in [-0.1, -0.05) is 23.7 Å². The van der Waals surface area contributed by atoms with Crippen LogP contribution < -0.4 is 10.6 Å². The minimum Gasteiger partial charge on any atom is -0.367 e. The molecule has 4 nitrogen and oxygen atoms in total. The molecule has 0 aliphatic carbocycles. The van der Waals surface area contributed by atoms with E-state index < -0.39 is 0 Å². The van der Waals surface area contributed by atoms with Crippen molar-refractivity contribution in [3.05, 3.63) is 29.3 Å². The minimum absolute atomic E-state index is 0. The van der Waals surface area contributed by atoms with Gasteiger partial charge < -0.3 is 15.5 Å². The number of rotatable bonds is 3. The van der Waals surface area contributed by atoms with Crippen molar-refractivity contribution >= 4 is 35.6 Å². The SMILES string of the molecule is Cl.NCCC(=O)N1CCN(c2ccccc2Cl)CC1. The molecule has 2 rings (SSSR count). The molecule has 1 aromatic rings. The van der Waals surface area contributed by atoms with Crippen LogP contribution in [0.1, 0.15) is 6.42 Å². The van der Waals surface area contributed by atoms with E-state index in [9.17, 15) is 4.79 Å². The van der Waals surface area contributed by atoms with Gasteiger partial charge in [0.05, 0.1) is 10.7 Å². The molecule has 1 saturated heterocycles. The maximum atomic E-state index is 11.7. The summed E-state index contributed by atoms with van der Waals surface area (Å²) < 4.78 is 0. The zero-order valence-corrected chi connectivity index (χ0v) is 12.3. The molecule has 0 aromatic heterocycles. The Morgan fingerprint density at radius 2 is 1.84 bits per heavy atom. The van der Waals surface area contributed by atoms with E-state index in [2.05, 4.69) is 4.90 Å². The Labute approximate surface area is 124 Å². The van der Waals surface area contributed by atoms with Gasteiger partial charge in [-0.05, 0) is 12.1 Å². The molecule has 1 aliphatic rings. The molecule has 19 heavy (non-hydrogen) atoms. The van der Waals surface area contributed by atoms with Crippen LogP contribution in [0.15, 0.2) is 24.3 Å². The maximum absolute atomic E-state index is 11.7. The van der Waals surface area contributed by atoms with Gasteiger partial charge >= 0.3 is 0 Å². The Balaban J connectivity index is 0.00000180. The molecule has 1 fully saturated rings. The zero-order chi connectivity index (χ0) is 13.0. The Kier molecular flexibility index (Phi) is 6.42. The van der Waals surface area contributed by atoms with Crippen LogP contribution in [0.25, 0.3) is 0 Å². The number of hydrogen-bond donors (Lipinski definition) is 1. The third-order valence-electron chi connectivity index (χ3n) is 3.18. The molecule has 1 amide bonds. The van der Waals surface area contributed by atoms with Gasteiger partial charge in [-0.25, -0.2) is 0 Å². The van der Waals surface area contributed by atoms with E-state index in [4.69, 9.17) is 17.3 Å². The lowest BCUT2D eigenvalue weighted by molar-refractivity contribution is -0.131. The first kappa shape index (κ1) is 16.1. The highest BCUT2D eigenvalue weighted by Crippen LogP contribution is 2.25. The van der Waals surface area contributed by atoms with Gasteiger partial charge in [0.15, 0.2) is 0 Å². The van der Waals surface area contributed by atoms with Crippen LogP contribution in [0.2, 0.25) is 5.02 Å². The Bertz CT molecular complexity index is 420. The Morgan fingerprint density at radius 1 is 1.21 bits per heavy atom. The molecule has 0 unspecified atom stereocenters. The summed E-state index contributed by atoms with van der Waals surface area (Å²) in [6, 6.07) is 7.81. The van der Waals surface area contributed by atoms with Crippen LogP contribution >= 0.6 is 24.0 Å². The highest BCUT2D eigenvalue weighted by molar-refractivity contribution is 6.33. The number of halogens is 2. The molecule has 0 atom stereocenters. The fourth-order valence-electron chi connectivity index (χ4n) is 2.19. The van der Waals surface area contributed by atoms with E-state index in [-0.39, 0.29) is 18.3 Å². The molecule has 1 aromatic carbocycles. The van der Waals surface area contributed by atoms with Gasteiger partial charge in [-0.3, -0.25) is 4.79 Å². The number of carbonyl (C=O) groups is 1. The van der Waals surface area contributed by atoms with Gasteiger partial charge in [-0.15, -0.1) is 12.4 Å². The van der Waals surface area contributed by atoms with E-state index in [0.29, 0.717) is 13.0 Å². The second kappa shape index (κ2) is 7.58. The molecule has 1 aliphatic heterocycles. The zero-order valence-electron chi connectivity index (χ0n) is 10.7. The molecule has 0 spiro atoms. The Morgan fingerprint density at radius 3 is 2.42 bits per heavy atom. The van der Waals surface area contributed by atoms with Crippen LogP contribution in [0.3, 0.4) is 0 Å². The molecule has 0 saturated carbocycles. The average Bonchev–Trinajstić information content (AvgIpc) is 2.40. The van der Waals surface area contributed by atoms with Crippen molar-refractivity contribution in [2.45, 2.75) is 6.42 Å². The van der Waals surface area contributed by atoms with Crippen LogP contribution in [0.4, 0.5) is 5.69 Å². The van der Waals surface area contributed by atoms with Crippen molar-refractivity contribution in [2.24, 2.45) is 5.73 Å². The average molecular weight is 304 g/mol. The number of nitrogens with zero attached hydrogens (tertiary/aromatic N) is 2. The van der Waals surface area contributed by atoms with Crippen molar-refractivity contribution < 1.29 is 4.79 Å². The third-order valence-corrected chi connectivity index (χ3v) is 3.50. The quantitative estimate of drug-likeness (QED) is 0.926. The number of nitrogens with two attached hydrogens (primary N) is 1. The summed E-state index contributed by atoms with van der Waals surface area (Å²) in [5.41, 5.74) is 6.45. The van der Waals surface area contributed by atoms with E-state index in [1.807, 2.05) is 29.2 Å². The van der Waals surface area contributed by atoms with E-state index in [0.717, 1.165) is 36.9 Å². The number of carbonyl (C=O) groups excluding carboxylic acids is 1. The number of piperazine rings is 1. The van der Waals surface area contributed by atoms with Gasteiger partial charge in [0.25, 0.3) is 0 Å².